The summed E-state index contributed by atoms with van der Waals surface area (Å²) in [5, 5.41) is 0.428. The fourth-order valence-electron chi connectivity index (χ4n) is 4.58. The van der Waals surface area contributed by atoms with Crippen LogP contribution in [0.4, 0.5) is 0 Å². The first-order valence-electron chi connectivity index (χ1n) is 12.0. The Balaban J connectivity index is 1.62. The molecule has 4 aromatic rings. The molecule has 2 aliphatic heterocycles. The summed E-state index contributed by atoms with van der Waals surface area (Å²) < 4.78 is 18.3. The number of nitrogens with zero attached hydrogens (tertiary/aromatic N) is 2. The van der Waals surface area contributed by atoms with Gasteiger partial charge in [-0.25, -0.2) is 9.79 Å². The molecule has 0 aliphatic carbocycles. The van der Waals surface area contributed by atoms with Crippen LogP contribution in [0.1, 0.15) is 29.7 Å². The highest BCUT2D eigenvalue weighted by molar-refractivity contribution is 7.07. The first-order chi connectivity index (χ1) is 18.5. The summed E-state index contributed by atoms with van der Waals surface area (Å²) in [6.45, 7) is 2.06. The highest BCUT2D eigenvalue weighted by Crippen LogP contribution is 2.37. The molecule has 1 atom stereocenters. The molecule has 3 aromatic carbocycles. The van der Waals surface area contributed by atoms with Crippen LogP contribution in [-0.2, 0) is 9.53 Å². The van der Waals surface area contributed by atoms with E-state index in [1.165, 1.54) is 11.3 Å². The lowest BCUT2D eigenvalue weighted by Crippen LogP contribution is -2.40. The van der Waals surface area contributed by atoms with Crippen molar-refractivity contribution >= 4 is 40.7 Å². The van der Waals surface area contributed by atoms with Gasteiger partial charge in [-0.2, -0.15) is 0 Å². The number of esters is 1. The van der Waals surface area contributed by atoms with Crippen molar-refractivity contribution in [1.29, 1.82) is 0 Å². The van der Waals surface area contributed by atoms with Crippen molar-refractivity contribution in [2.75, 3.05) is 13.4 Å². The maximum Gasteiger partial charge on any atom is 0.338 e. The van der Waals surface area contributed by atoms with Gasteiger partial charge in [-0.3, -0.25) is 9.36 Å². The van der Waals surface area contributed by atoms with Gasteiger partial charge in [0.05, 0.1) is 33.5 Å². The van der Waals surface area contributed by atoms with E-state index in [4.69, 9.17) is 30.8 Å². The summed E-state index contributed by atoms with van der Waals surface area (Å²) in [7, 11) is 0. The fraction of sp³-hybridized carbons (Fsp3) is 0.138. The van der Waals surface area contributed by atoms with E-state index in [1.54, 1.807) is 29.7 Å². The molecule has 9 heteroatoms. The normalized spacial score (nSPS) is 16.3. The van der Waals surface area contributed by atoms with E-state index in [-0.39, 0.29) is 19.0 Å². The molecular weight excluding hydrogens is 524 g/mol. The number of thiazole rings is 1. The maximum absolute atomic E-state index is 13.9. The molecule has 2 aliphatic rings. The zero-order valence-corrected chi connectivity index (χ0v) is 21.8. The first kappa shape index (κ1) is 24.2. The smallest absolute Gasteiger partial charge is 0.338 e. The Morgan fingerprint density at radius 1 is 1.11 bits per heavy atom. The summed E-state index contributed by atoms with van der Waals surface area (Å²) in [6, 6.07) is 21.6. The van der Waals surface area contributed by atoms with Gasteiger partial charge >= 0.3 is 5.97 Å². The second kappa shape index (κ2) is 9.96. The number of carbonyl (C=O) groups excluding carboxylic acids is 1. The van der Waals surface area contributed by atoms with Gasteiger partial charge in [0.1, 0.15) is 0 Å². The zero-order valence-electron chi connectivity index (χ0n) is 20.2. The number of ether oxygens (including phenoxy) is 3. The van der Waals surface area contributed by atoms with Crippen LogP contribution in [0.5, 0.6) is 11.5 Å². The standard InChI is InChI=1S/C29H21ClN2O5S/c1-2-35-28(34)24-25(17-9-5-3-6-10-17)31-29-32(26(24)18-11-7-4-8-12-18)27(33)23(38-29)14-19-13-21-22(15-20(19)30)37-16-36-21/h3-15,26H,2,16H2,1H3/b23-14+. The Hall–Kier alpha value is -4.14. The monoisotopic (exact) mass is 544 g/mol. The van der Waals surface area contributed by atoms with Crippen molar-refractivity contribution in [3.8, 4) is 11.5 Å². The summed E-state index contributed by atoms with van der Waals surface area (Å²) in [6.07, 6.45) is 1.71. The largest absolute Gasteiger partial charge is 0.463 e. The molecule has 0 fully saturated rings. The molecule has 7 nitrogen and oxygen atoms in total. The molecule has 38 heavy (non-hydrogen) atoms. The van der Waals surface area contributed by atoms with Crippen LogP contribution in [-0.4, -0.2) is 23.9 Å². The summed E-state index contributed by atoms with van der Waals surface area (Å²) in [4.78, 5) is 32.7. The van der Waals surface area contributed by atoms with Crippen molar-refractivity contribution in [2.45, 2.75) is 13.0 Å². The van der Waals surface area contributed by atoms with E-state index in [9.17, 15) is 9.59 Å². The topological polar surface area (TPSA) is 79.1 Å². The van der Waals surface area contributed by atoms with Crippen LogP contribution < -0.4 is 24.4 Å². The van der Waals surface area contributed by atoms with Gasteiger partial charge in [0, 0.05) is 11.6 Å². The molecule has 0 radical (unpaired) electrons. The highest BCUT2D eigenvalue weighted by Gasteiger charge is 2.35. The second-order valence-electron chi connectivity index (χ2n) is 8.57. The minimum Gasteiger partial charge on any atom is -0.463 e. The molecule has 1 unspecified atom stereocenters. The van der Waals surface area contributed by atoms with Crippen LogP contribution in [0.3, 0.4) is 0 Å². The first-order valence-corrected chi connectivity index (χ1v) is 13.2. The molecule has 190 valence electrons. The minimum absolute atomic E-state index is 0.118. The number of halogens is 1. The number of fused-ring (bicyclic) bond motifs is 2. The SMILES string of the molecule is CCOC(=O)C1=C(c2ccccc2)N=c2s/c(=C/c3cc4c(cc3Cl)OCO4)c(=O)n2C1c1ccccc1. The van der Waals surface area contributed by atoms with E-state index >= 15 is 0 Å². The van der Waals surface area contributed by atoms with E-state index in [1.807, 2.05) is 60.7 Å². The third-order valence-electron chi connectivity index (χ3n) is 6.27. The Labute approximate surface area is 226 Å². The van der Waals surface area contributed by atoms with Gasteiger partial charge in [-0.1, -0.05) is 83.6 Å². The molecular formula is C29H21ClN2O5S. The van der Waals surface area contributed by atoms with Gasteiger partial charge in [-0.05, 0) is 30.2 Å². The van der Waals surface area contributed by atoms with Gasteiger partial charge < -0.3 is 14.2 Å². The van der Waals surface area contributed by atoms with Crippen LogP contribution >= 0.6 is 22.9 Å². The van der Waals surface area contributed by atoms with Crippen LogP contribution in [0.25, 0.3) is 11.8 Å². The van der Waals surface area contributed by atoms with Gasteiger partial charge in [0.2, 0.25) is 6.79 Å². The third-order valence-corrected chi connectivity index (χ3v) is 7.58. The molecule has 0 N–H and O–H groups in total. The van der Waals surface area contributed by atoms with Crippen molar-refractivity contribution < 1.29 is 19.0 Å². The average molecular weight is 545 g/mol. The van der Waals surface area contributed by atoms with Crippen molar-refractivity contribution in [2.24, 2.45) is 4.99 Å². The molecule has 3 heterocycles. The molecule has 6 rings (SSSR count). The van der Waals surface area contributed by atoms with E-state index in [0.29, 0.717) is 42.7 Å². The Kier molecular flexibility index (Phi) is 6.35. The molecule has 0 amide bonds. The molecule has 0 saturated carbocycles. The lowest BCUT2D eigenvalue weighted by atomic mass is 9.93. The predicted molar refractivity (Wildman–Crippen MR) is 145 cm³/mol. The number of aromatic nitrogens is 1. The molecule has 0 spiro atoms. The predicted octanol–water partition coefficient (Wildman–Crippen LogP) is 4.32. The van der Waals surface area contributed by atoms with Gasteiger partial charge in [0.15, 0.2) is 16.3 Å². The van der Waals surface area contributed by atoms with E-state index < -0.39 is 12.0 Å². The number of benzene rings is 3. The fourth-order valence-corrected chi connectivity index (χ4v) is 5.78. The summed E-state index contributed by atoms with van der Waals surface area (Å²) >= 11 is 7.73. The van der Waals surface area contributed by atoms with Crippen LogP contribution in [0.15, 0.2) is 88.2 Å². The number of carbonyl (C=O) groups is 1. The van der Waals surface area contributed by atoms with Crippen LogP contribution in [0, 0.1) is 0 Å². The van der Waals surface area contributed by atoms with Crippen molar-refractivity contribution in [1.82, 2.24) is 4.57 Å². The zero-order chi connectivity index (χ0) is 26.2. The molecule has 0 saturated heterocycles. The second-order valence-corrected chi connectivity index (χ2v) is 9.99. The van der Waals surface area contributed by atoms with Crippen LogP contribution in [0.2, 0.25) is 5.02 Å². The van der Waals surface area contributed by atoms with Gasteiger partial charge in [0.25, 0.3) is 5.56 Å². The highest BCUT2D eigenvalue weighted by atomic mass is 35.5. The third kappa shape index (κ3) is 4.21. The lowest BCUT2D eigenvalue weighted by molar-refractivity contribution is -0.138. The Morgan fingerprint density at radius 3 is 2.50 bits per heavy atom. The Bertz CT molecular complexity index is 1760. The minimum atomic E-state index is -0.726. The number of hydrogen-bond donors (Lipinski definition) is 0. The maximum atomic E-state index is 13.9. The quantitative estimate of drug-likeness (QED) is 0.350. The van der Waals surface area contributed by atoms with Gasteiger partial charge in [-0.15, -0.1) is 0 Å². The summed E-state index contributed by atoms with van der Waals surface area (Å²) in [5.74, 6) is 0.605. The Morgan fingerprint density at radius 2 is 1.79 bits per heavy atom. The van der Waals surface area contributed by atoms with Crippen molar-refractivity contribution in [3.05, 3.63) is 120 Å². The molecule has 1 aromatic heterocycles. The van der Waals surface area contributed by atoms with E-state index in [0.717, 1.165) is 11.1 Å². The lowest BCUT2D eigenvalue weighted by Gasteiger charge is -2.25. The summed E-state index contributed by atoms with van der Waals surface area (Å²) in [5.41, 5.74) is 2.65. The molecule has 0 bridgehead atoms. The average Bonchev–Trinajstić information content (AvgIpc) is 3.52. The number of hydrogen-bond acceptors (Lipinski definition) is 7. The van der Waals surface area contributed by atoms with Crippen molar-refractivity contribution in [3.63, 3.8) is 0 Å². The van der Waals surface area contributed by atoms with E-state index in [2.05, 4.69) is 0 Å². The number of rotatable bonds is 5.